The van der Waals surface area contributed by atoms with Crippen LogP contribution in [0.15, 0.2) is 28.9 Å². The molecule has 0 spiro atoms. The molecule has 0 radical (unpaired) electrons. The van der Waals surface area contributed by atoms with Gasteiger partial charge in [-0.2, -0.15) is 5.26 Å². The van der Waals surface area contributed by atoms with Gasteiger partial charge in [0.1, 0.15) is 17.5 Å². The molecular formula is C14H14BrN3O. The molecule has 0 amide bonds. The number of ether oxygens (including phenoxy) is 1. The van der Waals surface area contributed by atoms with Crippen molar-refractivity contribution in [1.82, 2.24) is 9.97 Å². The zero-order valence-electron chi connectivity index (χ0n) is 10.8. The summed E-state index contributed by atoms with van der Waals surface area (Å²) in [6.45, 7) is 1.97. The zero-order chi connectivity index (χ0) is 13.8. The van der Waals surface area contributed by atoms with Crippen molar-refractivity contribution in [1.29, 1.82) is 5.26 Å². The van der Waals surface area contributed by atoms with Crippen molar-refractivity contribution in [2.75, 3.05) is 7.11 Å². The Hall–Kier alpha value is -1.80. The van der Waals surface area contributed by atoms with Gasteiger partial charge in [-0.3, -0.25) is 0 Å². The monoisotopic (exact) mass is 319 g/mol. The molecule has 4 nitrogen and oxygen atoms in total. The quantitative estimate of drug-likeness (QED) is 0.930. The molecule has 1 unspecified atom stereocenters. The smallest absolute Gasteiger partial charge is 0.133 e. The van der Waals surface area contributed by atoms with Gasteiger partial charge in [-0.15, -0.1) is 0 Å². The van der Waals surface area contributed by atoms with Crippen LogP contribution in [0, 0.1) is 11.3 Å². The highest BCUT2D eigenvalue weighted by molar-refractivity contribution is 9.10. The highest BCUT2D eigenvalue weighted by atomic mass is 79.9. The Morgan fingerprint density at radius 1 is 1.53 bits per heavy atom. The first kappa shape index (κ1) is 13.6. The van der Waals surface area contributed by atoms with Crippen LogP contribution in [0.1, 0.15) is 25.1 Å². The minimum Gasteiger partial charge on any atom is -0.496 e. The van der Waals surface area contributed by atoms with Crippen LogP contribution in [0.2, 0.25) is 0 Å². The van der Waals surface area contributed by atoms with E-state index >= 15 is 0 Å². The number of H-pyrrole nitrogens is 1. The maximum atomic E-state index is 9.04. The van der Waals surface area contributed by atoms with Crippen LogP contribution in [0.4, 0.5) is 0 Å². The Labute approximate surface area is 120 Å². The fourth-order valence-electron chi connectivity index (χ4n) is 1.84. The van der Waals surface area contributed by atoms with Crippen LogP contribution < -0.4 is 4.74 Å². The minimum absolute atomic E-state index is 0.185. The summed E-state index contributed by atoms with van der Waals surface area (Å²) in [5.74, 6) is 1.31. The van der Waals surface area contributed by atoms with Gasteiger partial charge in [-0.1, -0.05) is 6.92 Å². The molecule has 0 bridgehead atoms. The molecule has 19 heavy (non-hydrogen) atoms. The van der Waals surface area contributed by atoms with Gasteiger partial charge in [0.2, 0.25) is 0 Å². The summed E-state index contributed by atoms with van der Waals surface area (Å²) >= 11 is 3.46. The van der Waals surface area contributed by atoms with Crippen molar-refractivity contribution >= 4 is 15.9 Å². The number of imidazole rings is 1. The lowest BCUT2D eigenvalue weighted by atomic mass is 10.1. The molecule has 0 aliphatic heterocycles. The van der Waals surface area contributed by atoms with Crippen molar-refractivity contribution in [3.8, 4) is 23.1 Å². The summed E-state index contributed by atoms with van der Waals surface area (Å²) in [5, 5.41) is 9.04. The summed E-state index contributed by atoms with van der Waals surface area (Å²) < 4.78 is 6.08. The molecule has 0 aliphatic rings. The predicted molar refractivity (Wildman–Crippen MR) is 76.9 cm³/mol. The zero-order valence-corrected chi connectivity index (χ0v) is 12.4. The van der Waals surface area contributed by atoms with E-state index in [2.05, 4.69) is 32.0 Å². The molecule has 1 heterocycles. The third-order valence-electron chi connectivity index (χ3n) is 2.95. The number of aromatic nitrogens is 2. The van der Waals surface area contributed by atoms with E-state index in [4.69, 9.17) is 10.00 Å². The first-order valence-corrected chi connectivity index (χ1v) is 6.77. The topological polar surface area (TPSA) is 61.7 Å². The van der Waals surface area contributed by atoms with Gasteiger partial charge in [-0.05, 0) is 40.5 Å². The molecule has 1 aromatic carbocycles. The number of hydrogen-bond acceptors (Lipinski definition) is 3. The molecule has 5 heteroatoms. The Balaban J connectivity index is 2.33. The van der Waals surface area contributed by atoms with E-state index < -0.39 is 0 Å². The average molecular weight is 320 g/mol. The van der Waals surface area contributed by atoms with Crippen molar-refractivity contribution < 1.29 is 4.74 Å². The van der Waals surface area contributed by atoms with E-state index in [0.29, 0.717) is 5.82 Å². The molecule has 1 aromatic heterocycles. The van der Waals surface area contributed by atoms with Crippen LogP contribution in [0.5, 0.6) is 5.75 Å². The number of nitrogens with zero attached hydrogens (tertiary/aromatic N) is 2. The summed E-state index contributed by atoms with van der Waals surface area (Å²) in [4.78, 5) is 7.48. The average Bonchev–Trinajstić information content (AvgIpc) is 2.90. The maximum Gasteiger partial charge on any atom is 0.133 e. The highest BCUT2D eigenvalue weighted by Gasteiger charge is 2.13. The standard InChI is InChI=1S/C14H14BrN3O/c1-3-9(7-16)14-17-8-12(18-14)10-4-5-13(19-2)11(15)6-10/h4-6,8-9H,3H2,1-2H3,(H,17,18). The van der Waals surface area contributed by atoms with E-state index in [-0.39, 0.29) is 5.92 Å². The number of benzene rings is 1. The Morgan fingerprint density at radius 2 is 2.32 bits per heavy atom. The van der Waals surface area contributed by atoms with Gasteiger partial charge in [0.15, 0.2) is 0 Å². The number of methoxy groups -OCH3 is 1. The Morgan fingerprint density at radius 3 is 2.89 bits per heavy atom. The summed E-state index contributed by atoms with van der Waals surface area (Å²) in [6, 6.07) is 8.04. The molecule has 98 valence electrons. The van der Waals surface area contributed by atoms with Gasteiger partial charge >= 0.3 is 0 Å². The van der Waals surface area contributed by atoms with Crippen LogP contribution in [0.25, 0.3) is 11.3 Å². The number of nitrogens with one attached hydrogen (secondary N) is 1. The molecule has 0 saturated heterocycles. The van der Waals surface area contributed by atoms with Crippen molar-refractivity contribution in [3.63, 3.8) is 0 Å². The first-order chi connectivity index (χ1) is 9.19. The second-order valence-corrected chi connectivity index (χ2v) is 4.98. The van der Waals surface area contributed by atoms with Gasteiger partial charge < -0.3 is 9.72 Å². The summed E-state index contributed by atoms with van der Waals surface area (Å²) in [5.41, 5.74) is 1.89. The van der Waals surface area contributed by atoms with E-state index in [0.717, 1.165) is 27.9 Å². The fourth-order valence-corrected chi connectivity index (χ4v) is 2.38. The molecule has 0 saturated carbocycles. The van der Waals surface area contributed by atoms with E-state index in [9.17, 15) is 0 Å². The summed E-state index contributed by atoms with van der Waals surface area (Å²) in [6.07, 6.45) is 2.50. The van der Waals surface area contributed by atoms with Gasteiger partial charge in [-0.25, -0.2) is 4.98 Å². The van der Waals surface area contributed by atoms with Crippen molar-refractivity contribution in [2.24, 2.45) is 0 Å². The van der Waals surface area contributed by atoms with E-state index in [1.807, 2.05) is 25.1 Å². The molecule has 1 atom stereocenters. The third-order valence-corrected chi connectivity index (χ3v) is 3.57. The van der Waals surface area contributed by atoms with Crippen molar-refractivity contribution in [2.45, 2.75) is 19.3 Å². The van der Waals surface area contributed by atoms with Gasteiger partial charge in [0.05, 0.1) is 29.5 Å². The molecule has 1 N–H and O–H groups in total. The van der Waals surface area contributed by atoms with Crippen LogP contribution >= 0.6 is 15.9 Å². The second-order valence-electron chi connectivity index (χ2n) is 4.12. The number of aromatic amines is 1. The molecule has 2 rings (SSSR count). The van der Waals surface area contributed by atoms with E-state index in [1.165, 1.54) is 0 Å². The summed E-state index contributed by atoms with van der Waals surface area (Å²) in [7, 11) is 1.63. The minimum atomic E-state index is -0.185. The first-order valence-electron chi connectivity index (χ1n) is 5.98. The number of halogens is 1. The SMILES string of the molecule is CCC(C#N)c1ncc(-c2ccc(OC)c(Br)c2)[nH]1. The predicted octanol–water partition coefficient (Wildman–Crippen LogP) is 3.86. The third kappa shape index (κ3) is 2.79. The Bertz CT molecular complexity index is 615. The number of rotatable bonds is 4. The number of hydrogen-bond donors (Lipinski definition) is 1. The second kappa shape index (κ2) is 5.89. The van der Waals surface area contributed by atoms with Gasteiger partial charge in [0.25, 0.3) is 0 Å². The lowest BCUT2D eigenvalue weighted by Gasteiger charge is -2.05. The lowest BCUT2D eigenvalue weighted by Crippen LogP contribution is -1.96. The van der Waals surface area contributed by atoms with Gasteiger partial charge in [0, 0.05) is 5.56 Å². The highest BCUT2D eigenvalue weighted by Crippen LogP contribution is 2.30. The normalized spacial score (nSPS) is 11.9. The van der Waals surface area contributed by atoms with Crippen LogP contribution in [-0.4, -0.2) is 17.1 Å². The number of nitriles is 1. The largest absolute Gasteiger partial charge is 0.496 e. The maximum absolute atomic E-state index is 9.04. The fraction of sp³-hybridized carbons (Fsp3) is 0.286. The Kier molecular flexibility index (Phi) is 4.23. The molecule has 0 fully saturated rings. The van der Waals surface area contributed by atoms with E-state index in [1.54, 1.807) is 13.3 Å². The van der Waals surface area contributed by atoms with Crippen molar-refractivity contribution in [3.05, 3.63) is 34.7 Å². The molecule has 0 aliphatic carbocycles. The lowest BCUT2D eigenvalue weighted by molar-refractivity contribution is 0.412. The van der Waals surface area contributed by atoms with Crippen LogP contribution in [-0.2, 0) is 0 Å². The van der Waals surface area contributed by atoms with Crippen LogP contribution in [0.3, 0.4) is 0 Å². The molecule has 2 aromatic rings. The molecular weight excluding hydrogens is 306 g/mol.